The molecule has 0 amide bonds. The van der Waals surface area contributed by atoms with Crippen molar-refractivity contribution < 1.29 is 19.0 Å². The van der Waals surface area contributed by atoms with Gasteiger partial charge in [0.05, 0.1) is 20.3 Å². The monoisotopic (exact) mass is 436 g/mol. The lowest BCUT2D eigenvalue weighted by Crippen LogP contribution is -2.47. The maximum Gasteiger partial charge on any atom is 0.188 e. The quantitative estimate of drug-likeness (QED) is 0.583. The fourth-order valence-electron chi connectivity index (χ4n) is 7.12. The summed E-state index contributed by atoms with van der Waals surface area (Å²) in [6, 6.07) is 8.52. The summed E-state index contributed by atoms with van der Waals surface area (Å²) in [5.41, 5.74) is 5.55. The van der Waals surface area contributed by atoms with E-state index in [4.69, 9.17) is 14.2 Å². The van der Waals surface area contributed by atoms with Gasteiger partial charge in [0.2, 0.25) is 0 Å². The first-order chi connectivity index (χ1) is 15.4. The average molecular weight is 437 g/mol. The number of fused-ring (bicyclic) bond motifs is 2. The van der Waals surface area contributed by atoms with Crippen molar-refractivity contribution in [2.45, 2.75) is 71.0 Å². The van der Waals surface area contributed by atoms with Crippen LogP contribution in [0, 0.1) is 17.3 Å². The lowest BCUT2D eigenvalue weighted by atomic mass is 9.51. The molecule has 4 nitrogen and oxygen atoms in total. The van der Waals surface area contributed by atoms with E-state index in [9.17, 15) is 4.79 Å². The molecule has 0 radical (unpaired) electrons. The molecule has 4 atom stereocenters. The SMILES string of the molecule is CCC1C2CCC3=CC4(CCC3=C2C(c2ccc(OC)cc2)C[C@]1(C)C(C)=O)OCCO4. The zero-order chi connectivity index (χ0) is 22.5. The van der Waals surface area contributed by atoms with Gasteiger partial charge in [0.1, 0.15) is 11.5 Å². The highest BCUT2D eigenvalue weighted by molar-refractivity contribution is 5.83. The molecule has 1 spiro atoms. The molecule has 0 bridgehead atoms. The summed E-state index contributed by atoms with van der Waals surface area (Å²) in [5, 5.41) is 0. The predicted molar refractivity (Wildman–Crippen MR) is 125 cm³/mol. The molecule has 1 aromatic carbocycles. The van der Waals surface area contributed by atoms with Gasteiger partial charge in [-0.15, -0.1) is 0 Å². The van der Waals surface area contributed by atoms with Crippen LogP contribution in [0.4, 0.5) is 0 Å². The molecule has 1 aliphatic heterocycles. The van der Waals surface area contributed by atoms with Crippen molar-refractivity contribution in [2.24, 2.45) is 17.3 Å². The van der Waals surface area contributed by atoms with Crippen molar-refractivity contribution in [1.82, 2.24) is 0 Å². The van der Waals surface area contributed by atoms with Gasteiger partial charge in [-0.3, -0.25) is 4.79 Å². The van der Waals surface area contributed by atoms with Gasteiger partial charge in [0.15, 0.2) is 5.79 Å². The minimum Gasteiger partial charge on any atom is -0.497 e. The molecule has 1 heterocycles. The molecule has 0 N–H and O–H groups in total. The van der Waals surface area contributed by atoms with E-state index in [0.29, 0.717) is 30.8 Å². The lowest BCUT2D eigenvalue weighted by Gasteiger charge is -2.53. The minimum atomic E-state index is -0.505. The fourth-order valence-corrected chi connectivity index (χ4v) is 7.12. The number of ketones is 1. The number of carbonyl (C=O) groups is 1. The summed E-state index contributed by atoms with van der Waals surface area (Å²) < 4.78 is 17.5. The number of ether oxygens (including phenoxy) is 3. The first-order valence-electron chi connectivity index (χ1n) is 12.3. The molecule has 0 aromatic heterocycles. The molecule has 32 heavy (non-hydrogen) atoms. The third-order valence-corrected chi connectivity index (χ3v) is 8.82. The average Bonchev–Trinajstić information content (AvgIpc) is 3.25. The molecule has 5 rings (SSSR count). The Morgan fingerprint density at radius 2 is 1.88 bits per heavy atom. The van der Waals surface area contributed by atoms with Crippen LogP contribution in [0.25, 0.3) is 0 Å². The van der Waals surface area contributed by atoms with E-state index in [1.165, 1.54) is 16.7 Å². The van der Waals surface area contributed by atoms with E-state index in [1.54, 1.807) is 19.6 Å². The molecule has 3 aliphatic carbocycles. The second-order valence-electron chi connectivity index (χ2n) is 10.3. The standard InChI is InChI=1S/C28H36O4/c1-5-25-23-11-8-20-16-28(31-14-15-32-28)13-12-22(20)26(23)24(17-27(25,3)18(2)29)19-6-9-21(30-4)10-7-19/h6-7,9-10,16,23-25H,5,8,11-15,17H2,1-4H3/t23?,24?,25?,27-/m1/s1. The number of carbonyl (C=O) groups excluding carboxylic acids is 1. The summed E-state index contributed by atoms with van der Waals surface area (Å²) in [6.07, 6.45) is 8.26. The van der Waals surface area contributed by atoms with E-state index in [-0.39, 0.29) is 11.3 Å². The number of Topliss-reactive ketones (excluding diaryl/α,β-unsaturated/α-hetero) is 1. The minimum absolute atomic E-state index is 0.265. The van der Waals surface area contributed by atoms with Crippen molar-refractivity contribution in [3.63, 3.8) is 0 Å². The van der Waals surface area contributed by atoms with Gasteiger partial charge in [-0.2, -0.15) is 0 Å². The van der Waals surface area contributed by atoms with Crippen LogP contribution in [0.15, 0.2) is 47.1 Å². The third kappa shape index (κ3) is 3.38. The van der Waals surface area contributed by atoms with Gasteiger partial charge in [-0.25, -0.2) is 0 Å². The van der Waals surface area contributed by atoms with Crippen molar-refractivity contribution in [2.75, 3.05) is 20.3 Å². The molecule has 2 fully saturated rings. The van der Waals surface area contributed by atoms with E-state index in [0.717, 1.165) is 44.3 Å². The van der Waals surface area contributed by atoms with Crippen molar-refractivity contribution >= 4 is 5.78 Å². The molecule has 4 heteroatoms. The molecule has 1 saturated heterocycles. The fraction of sp³-hybridized carbons (Fsp3) is 0.607. The number of methoxy groups -OCH3 is 1. The Labute approximate surface area is 192 Å². The molecule has 172 valence electrons. The maximum atomic E-state index is 13.0. The van der Waals surface area contributed by atoms with Crippen LogP contribution in [-0.2, 0) is 14.3 Å². The van der Waals surface area contributed by atoms with E-state index < -0.39 is 5.79 Å². The van der Waals surface area contributed by atoms with E-state index in [1.807, 2.05) is 0 Å². The van der Waals surface area contributed by atoms with E-state index in [2.05, 4.69) is 44.2 Å². The number of rotatable bonds is 4. The summed E-state index contributed by atoms with van der Waals surface area (Å²) in [4.78, 5) is 13.0. The van der Waals surface area contributed by atoms with Crippen LogP contribution in [0.2, 0.25) is 0 Å². The van der Waals surface area contributed by atoms with Crippen molar-refractivity contribution in [3.8, 4) is 5.75 Å². The Morgan fingerprint density at radius 1 is 1.16 bits per heavy atom. The maximum absolute atomic E-state index is 13.0. The van der Waals surface area contributed by atoms with Crippen LogP contribution in [0.1, 0.15) is 70.8 Å². The molecular formula is C28H36O4. The summed E-state index contributed by atoms with van der Waals surface area (Å²) in [6.45, 7) is 7.66. The number of hydrogen-bond acceptors (Lipinski definition) is 4. The van der Waals surface area contributed by atoms with Crippen LogP contribution in [-0.4, -0.2) is 31.9 Å². The van der Waals surface area contributed by atoms with Crippen LogP contribution >= 0.6 is 0 Å². The smallest absolute Gasteiger partial charge is 0.188 e. The van der Waals surface area contributed by atoms with Gasteiger partial charge in [0, 0.05) is 17.8 Å². The highest BCUT2D eigenvalue weighted by Crippen LogP contribution is 2.60. The van der Waals surface area contributed by atoms with Gasteiger partial charge in [0.25, 0.3) is 0 Å². The Balaban J connectivity index is 1.64. The van der Waals surface area contributed by atoms with Gasteiger partial charge in [-0.1, -0.05) is 38.0 Å². The summed E-state index contributed by atoms with van der Waals surface area (Å²) >= 11 is 0. The number of allylic oxidation sites excluding steroid dienone is 3. The van der Waals surface area contributed by atoms with Crippen molar-refractivity contribution in [3.05, 3.63) is 52.6 Å². The largest absolute Gasteiger partial charge is 0.497 e. The summed E-state index contributed by atoms with van der Waals surface area (Å²) in [7, 11) is 1.71. The highest BCUT2D eigenvalue weighted by atomic mass is 16.7. The topological polar surface area (TPSA) is 44.8 Å². The number of hydrogen-bond donors (Lipinski definition) is 0. The van der Waals surface area contributed by atoms with E-state index >= 15 is 0 Å². The second kappa shape index (κ2) is 8.14. The number of benzene rings is 1. The van der Waals surface area contributed by atoms with Gasteiger partial charge in [-0.05, 0) is 79.4 Å². The molecule has 1 aromatic rings. The summed E-state index contributed by atoms with van der Waals surface area (Å²) in [5.74, 6) is 1.83. The van der Waals surface area contributed by atoms with Crippen LogP contribution in [0.5, 0.6) is 5.75 Å². The van der Waals surface area contributed by atoms with Gasteiger partial charge < -0.3 is 14.2 Å². The Hall–Kier alpha value is -1.91. The Morgan fingerprint density at radius 3 is 2.50 bits per heavy atom. The van der Waals surface area contributed by atoms with Gasteiger partial charge >= 0.3 is 0 Å². The van der Waals surface area contributed by atoms with Crippen molar-refractivity contribution in [1.29, 1.82) is 0 Å². The zero-order valence-electron chi connectivity index (χ0n) is 19.9. The normalized spacial score (nSPS) is 33.5. The first kappa shape index (κ1) is 21.9. The molecular weight excluding hydrogens is 400 g/mol. The third-order valence-electron chi connectivity index (χ3n) is 8.82. The first-order valence-corrected chi connectivity index (χ1v) is 12.3. The Bertz CT molecular complexity index is 950. The molecule has 4 aliphatic rings. The molecule has 1 saturated carbocycles. The van der Waals surface area contributed by atoms with Crippen LogP contribution < -0.4 is 4.74 Å². The Kier molecular flexibility index (Phi) is 5.58. The second-order valence-corrected chi connectivity index (χ2v) is 10.3. The predicted octanol–water partition coefficient (Wildman–Crippen LogP) is 5.97. The van der Waals surface area contributed by atoms with Crippen LogP contribution in [0.3, 0.4) is 0 Å². The zero-order valence-corrected chi connectivity index (χ0v) is 19.9. The molecule has 3 unspecified atom stereocenters. The highest BCUT2D eigenvalue weighted by Gasteiger charge is 2.52. The lowest BCUT2D eigenvalue weighted by molar-refractivity contribution is -0.132.